The van der Waals surface area contributed by atoms with Crippen molar-refractivity contribution < 1.29 is 14.3 Å². The Morgan fingerprint density at radius 1 is 0.931 bits per heavy atom. The summed E-state index contributed by atoms with van der Waals surface area (Å²) in [5.74, 6) is 0.353. The standard InChI is InChI=1S/C24H24N2O3/c1-28-23-12-11-19(18-7-3-2-4-8-18)17-20(23)24(27)25-21-9-5-6-10-22(21)26-13-15-29-16-14-26/h2-12,17H,13-16H2,1H3,(H,25,27). The van der Waals surface area contributed by atoms with Crippen LogP contribution in [0.2, 0.25) is 0 Å². The molecule has 29 heavy (non-hydrogen) atoms. The van der Waals surface area contributed by atoms with E-state index in [0.29, 0.717) is 24.5 Å². The van der Waals surface area contributed by atoms with Crippen molar-refractivity contribution in [1.29, 1.82) is 0 Å². The Labute approximate surface area is 170 Å². The minimum atomic E-state index is -0.194. The number of morpholine rings is 1. The maximum Gasteiger partial charge on any atom is 0.259 e. The number of ether oxygens (including phenoxy) is 2. The summed E-state index contributed by atoms with van der Waals surface area (Å²) >= 11 is 0. The van der Waals surface area contributed by atoms with Gasteiger partial charge in [-0.05, 0) is 35.4 Å². The van der Waals surface area contributed by atoms with Crippen LogP contribution >= 0.6 is 0 Å². The minimum Gasteiger partial charge on any atom is -0.496 e. The van der Waals surface area contributed by atoms with Crippen molar-refractivity contribution in [2.45, 2.75) is 0 Å². The van der Waals surface area contributed by atoms with Crippen LogP contribution in [0.4, 0.5) is 11.4 Å². The molecule has 0 unspecified atom stereocenters. The van der Waals surface area contributed by atoms with Crippen molar-refractivity contribution in [3.05, 3.63) is 78.4 Å². The second kappa shape index (κ2) is 8.80. The molecule has 1 N–H and O–H groups in total. The van der Waals surface area contributed by atoms with E-state index < -0.39 is 0 Å². The van der Waals surface area contributed by atoms with Gasteiger partial charge in [0.2, 0.25) is 0 Å². The van der Waals surface area contributed by atoms with Gasteiger partial charge in [-0.25, -0.2) is 0 Å². The normalized spacial score (nSPS) is 13.8. The molecule has 1 aliphatic heterocycles. The molecule has 4 rings (SSSR count). The van der Waals surface area contributed by atoms with Crippen LogP contribution < -0.4 is 15.0 Å². The van der Waals surface area contributed by atoms with E-state index in [9.17, 15) is 4.79 Å². The maximum atomic E-state index is 13.2. The fourth-order valence-corrected chi connectivity index (χ4v) is 3.54. The molecular weight excluding hydrogens is 364 g/mol. The first-order valence-corrected chi connectivity index (χ1v) is 9.73. The highest BCUT2D eigenvalue weighted by atomic mass is 16.5. The first-order chi connectivity index (χ1) is 14.3. The van der Waals surface area contributed by atoms with E-state index in [2.05, 4.69) is 10.2 Å². The Hall–Kier alpha value is -3.31. The topological polar surface area (TPSA) is 50.8 Å². The molecule has 0 spiro atoms. The van der Waals surface area contributed by atoms with Crippen molar-refractivity contribution in [3.63, 3.8) is 0 Å². The number of carbonyl (C=O) groups is 1. The van der Waals surface area contributed by atoms with Gasteiger partial charge in [0.05, 0.1) is 37.3 Å². The summed E-state index contributed by atoms with van der Waals surface area (Å²) < 4.78 is 10.9. The van der Waals surface area contributed by atoms with E-state index in [1.807, 2.05) is 72.8 Å². The monoisotopic (exact) mass is 388 g/mol. The first kappa shape index (κ1) is 19.0. The molecule has 0 bridgehead atoms. The number of carbonyl (C=O) groups excluding carboxylic acids is 1. The van der Waals surface area contributed by atoms with Gasteiger partial charge < -0.3 is 19.7 Å². The molecular formula is C24H24N2O3. The molecule has 0 aromatic heterocycles. The predicted molar refractivity (Wildman–Crippen MR) is 116 cm³/mol. The molecule has 1 heterocycles. The number of hydrogen-bond donors (Lipinski definition) is 1. The van der Waals surface area contributed by atoms with Crippen LogP contribution in [-0.2, 0) is 4.74 Å². The van der Waals surface area contributed by atoms with Gasteiger partial charge in [-0.3, -0.25) is 4.79 Å². The van der Waals surface area contributed by atoms with Gasteiger partial charge in [0.25, 0.3) is 5.91 Å². The molecule has 3 aromatic carbocycles. The Morgan fingerprint density at radius 3 is 2.41 bits per heavy atom. The average Bonchev–Trinajstić information content (AvgIpc) is 2.80. The maximum absolute atomic E-state index is 13.2. The third kappa shape index (κ3) is 4.25. The van der Waals surface area contributed by atoms with Gasteiger partial charge in [0, 0.05) is 13.1 Å². The third-order valence-electron chi connectivity index (χ3n) is 5.06. The Bertz CT molecular complexity index is 982. The van der Waals surface area contributed by atoms with Crippen molar-refractivity contribution in [2.75, 3.05) is 43.6 Å². The van der Waals surface area contributed by atoms with E-state index >= 15 is 0 Å². The fourth-order valence-electron chi connectivity index (χ4n) is 3.54. The van der Waals surface area contributed by atoms with E-state index in [0.717, 1.165) is 35.6 Å². The molecule has 1 aliphatic rings. The van der Waals surface area contributed by atoms with Crippen LogP contribution in [0, 0.1) is 0 Å². The van der Waals surface area contributed by atoms with Crippen LogP contribution in [0.3, 0.4) is 0 Å². The fraction of sp³-hybridized carbons (Fsp3) is 0.208. The number of para-hydroxylation sites is 2. The largest absolute Gasteiger partial charge is 0.496 e. The summed E-state index contributed by atoms with van der Waals surface area (Å²) in [5, 5.41) is 3.08. The van der Waals surface area contributed by atoms with E-state index in [1.165, 1.54) is 0 Å². The van der Waals surface area contributed by atoms with Crippen LogP contribution in [-0.4, -0.2) is 39.3 Å². The SMILES string of the molecule is COc1ccc(-c2ccccc2)cc1C(=O)Nc1ccccc1N1CCOCC1. The van der Waals surface area contributed by atoms with Crippen molar-refractivity contribution in [1.82, 2.24) is 0 Å². The van der Waals surface area contributed by atoms with Crippen LogP contribution in [0.15, 0.2) is 72.8 Å². The molecule has 0 radical (unpaired) electrons. The summed E-state index contributed by atoms with van der Waals surface area (Å²) in [6.45, 7) is 2.99. The minimum absolute atomic E-state index is 0.194. The van der Waals surface area contributed by atoms with Crippen molar-refractivity contribution in [3.8, 4) is 16.9 Å². The molecule has 5 heteroatoms. The average molecular weight is 388 g/mol. The molecule has 1 amide bonds. The van der Waals surface area contributed by atoms with E-state index in [-0.39, 0.29) is 5.91 Å². The van der Waals surface area contributed by atoms with Gasteiger partial charge in [-0.1, -0.05) is 48.5 Å². The highest BCUT2D eigenvalue weighted by Gasteiger charge is 2.18. The van der Waals surface area contributed by atoms with E-state index in [1.54, 1.807) is 7.11 Å². The van der Waals surface area contributed by atoms with Crippen molar-refractivity contribution in [2.24, 2.45) is 0 Å². The second-order valence-electron chi connectivity index (χ2n) is 6.85. The number of nitrogens with one attached hydrogen (secondary N) is 1. The quantitative estimate of drug-likeness (QED) is 0.702. The third-order valence-corrected chi connectivity index (χ3v) is 5.06. The molecule has 1 saturated heterocycles. The summed E-state index contributed by atoms with van der Waals surface area (Å²) in [5.41, 5.74) is 4.32. The number of hydrogen-bond acceptors (Lipinski definition) is 4. The number of methoxy groups -OCH3 is 1. The lowest BCUT2D eigenvalue weighted by Gasteiger charge is -2.30. The predicted octanol–water partition coefficient (Wildman–Crippen LogP) is 4.45. The highest BCUT2D eigenvalue weighted by molar-refractivity contribution is 6.08. The number of anilines is 2. The molecule has 0 atom stereocenters. The number of amides is 1. The summed E-state index contributed by atoms with van der Waals surface area (Å²) in [6.07, 6.45) is 0. The molecule has 0 aliphatic carbocycles. The lowest BCUT2D eigenvalue weighted by Crippen LogP contribution is -2.36. The van der Waals surface area contributed by atoms with Gasteiger partial charge in [0.1, 0.15) is 5.75 Å². The van der Waals surface area contributed by atoms with Gasteiger partial charge in [-0.15, -0.1) is 0 Å². The Kier molecular flexibility index (Phi) is 5.77. The van der Waals surface area contributed by atoms with Crippen LogP contribution in [0.1, 0.15) is 10.4 Å². The van der Waals surface area contributed by atoms with Crippen LogP contribution in [0.5, 0.6) is 5.75 Å². The summed E-state index contributed by atoms with van der Waals surface area (Å²) in [4.78, 5) is 15.4. The van der Waals surface area contributed by atoms with Gasteiger partial charge >= 0.3 is 0 Å². The zero-order valence-electron chi connectivity index (χ0n) is 16.4. The second-order valence-corrected chi connectivity index (χ2v) is 6.85. The lowest BCUT2D eigenvalue weighted by atomic mass is 10.0. The number of benzene rings is 3. The van der Waals surface area contributed by atoms with E-state index in [4.69, 9.17) is 9.47 Å². The molecule has 0 saturated carbocycles. The smallest absolute Gasteiger partial charge is 0.259 e. The highest BCUT2D eigenvalue weighted by Crippen LogP contribution is 2.30. The number of rotatable bonds is 5. The summed E-state index contributed by atoms with van der Waals surface area (Å²) in [6, 6.07) is 23.5. The zero-order valence-corrected chi connectivity index (χ0v) is 16.4. The summed E-state index contributed by atoms with van der Waals surface area (Å²) in [7, 11) is 1.58. The molecule has 1 fully saturated rings. The zero-order chi connectivity index (χ0) is 20.1. The van der Waals surface area contributed by atoms with Crippen LogP contribution in [0.25, 0.3) is 11.1 Å². The first-order valence-electron chi connectivity index (χ1n) is 9.73. The Balaban J connectivity index is 1.64. The molecule has 3 aromatic rings. The van der Waals surface area contributed by atoms with Crippen molar-refractivity contribution >= 4 is 17.3 Å². The molecule has 148 valence electrons. The molecule has 5 nitrogen and oxygen atoms in total. The Morgan fingerprint density at radius 2 is 1.66 bits per heavy atom. The van der Waals surface area contributed by atoms with Gasteiger partial charge in [0.15, 0.2) is 0 Å². The number of nitrogens with zero attached hydrogens (tertiary/aromatic N) is 1. The lowest BCUT2D eigenvalue weighted by molar-refractivity contribution is 0.102. The van der Waals surface area contributed by atoms with Gasteiger partial charge in [-0.2, -0.15) is 0 Å².